The van der Waals surface area contributed by atoms with Crippen molar-refractivity contribution in [3.8, 4) is 23.9 Å². The lowest BCUT2D eigenvalue weighted by Crippen LogP contribution is -2.30. The summed E-state index contributed by atoms with van der Waals surface area (Å²) in [6, 6.07) is 16.1. The molecular weight excluding hydrogens is 793 g/mol. The SMILES string of the molecule is CCCCC(CC)COC(=O)c1cccc(/N=N/c2c(C)c(C#N)c(=O)n(CCn3c(O)c(/N=N/c4cccc(C(=O)OCC(CC)CCCC)c4)c(C)c(C#N)c3=O)c2O)c1. The average Bonchev–Trinajstić information content (AvgIpc) is 3.27. The molecule has 4 aromatic rings. The number of azo groups is 2. The smallest absolute Gasteiger partial charge is 0.338 e. The van der Waals surface area contributed by atoms with E-state index >= 15 is 0 Å². The van der Waals surface area contributed by atoms with Crippen LogP contribution in [-0.2, 0) is 22.6 Å². The Bertz CT molecular complexity index is 2340. The van der Waals surface area contributed by atoms with E-state index < -0.39 is 47.9 Å². The maximum Gasteiger partial charge on any atom is 0.338 e. The molecule has 2 heterocycles. The van der Waals surface area contributed by atoms with Gasteiger partial charge < -0.3 is 19.7 Å². The number of hydrogen-bond acceptors (Lipinski definition) is 14. The van der Waals surface area contributed by atoms with Crippen LogP contribution in [0.5, 0.6) is 11.8 Å². The lowest BCUT2D eigenvalue weighted by molar-refractivity contribution is 0.0419. The van der Waals surface area contributed by atoms with Crippen LogP contribution in [0.25, 0.3) is 0 Å². The molecule has 0 aliphatic heterocycles. The van der Waals surface area contributed by atoms with Gasteiger partial charge >= 0.3 is 11.9 Å². The number of carbonyl (C=O) groups is 2. The predicted octanol–water partition coefficient (Wildman–Crippen LogP) is 10.1. The van der Waals surface area contributed by atoms with E-state index in [4.69, 9.17) is 9.47 Å². The number of hydrogen-bond donors (Lipinski definition) is 2. The van der Waals surface area contributed by atoms with Crippen molar-refractivity contribution in [1.29, 1.82) is 10.5 Å². The van der Waals surface area contributed by atoms with Gasteiger partial charge in [-0.05, 0) is 74.9 Å². The number of ether oxygens (including phenoxy) is 2. The molecule has 0 fully saturated rings. The number of aromatic hydroxyl groups is 2. The second kappa shape index (κ2) is 23.2. The van der Waals surface area contributed by atoms with Crippen LogP contribution in [0, 0.1) is 48.3 Å². The van der Waals surface area contributed by atoms with Crippen molar-refractivity contribution in [2.24, 2.45) is 32.3 Å². The minimum atomic E-state index is -0.903. The van der Waals surface area contributed by atoms with Gasteiger partial charge in [0.05, 0.1) is 35.7 Å². The van der Waals surface area contributed by atoms with Gasteiger partial charge in [-0.15, -0.1) is 10.2 Å². The number of benzene rings is 2. The largest absolute Gasteiger partial charge is 0.493 e. The minimum Gasteiger partial charge on any atom is -0.493 e. The number of nitriles is 2. The Balaban J connectivity index is 1.61. The summed E-state index contributed by atoms with van der Waals surface area (Å²) in [5.74, 6) is -1.93. The topological polar surface area (TPSA) is 234 Å². The van der Waals surface area contributed by atoms with E-state index in [1.54, 1.807) is 36.4 Å². The Morgan fingerprint density at radius 1 is 0.661 bits per heavy atom. The third kappa shape index (κ3) is 11.9. The maximum absolute atomic E-state index is 13.5. The number of unbranched alkanes of at least 4 members (excludes halogenated alkanes) is 2. The molecule has 0 amide bonds. The highest BCUT2D eigenvalue weighted by molar-refractivity contribution is 5.91. The molecule has 4 rings (SSSR count). The highest BCUT2D eigenvalue weighted by Gasteiger charge is 2.23. The van der Waals surface area contributed by atoms with Crippen LogP contribution in [0.1, 0.15) is 122 Å². The summed E-state index contributed by atoms with van der Waals surface area (Å²) in [5, 5.41) is 59.2. The van der Waals surface area contributed by atoms with Crippen molar-refractivity contribution in [2.45, 2.75) is 106 Å². The minimum absolute atomic E-state index is 0.0301. The molecular formula is C46H54N8O8. The first-order chi connectivity index (χ1) is 29.8. The summed E-state index contributed by atoms with van der Waals surface area (Å²) < 4.78 is 12.7. The van der Waals surface area contributed by atoms with Gasteiger partial charge in [0, 0.05) is 24.2 Å². The van der Waals surface area contributed by atoms with Gasteiger partial charge in [-0.3, -0.25) is 18.7 Å². The van der Waals surface area contributed by atoms with E-state index in [9.17, 15) is 39.9 Å². The second-order valence-electron chi connectivity index (χ2n) is 15.0. The number of esters is 2. The fourth-order valence-corrected chi connectivity index (χ4v) is 6.68. The van der Waals surface area contributed by atoms with Crippen LogP contribution in [0.3, 0.4) is 0 Å². The number of rotatable bonds is 21. The molecule has 16 heteroatoms. The standard InChI is InChI=1S/C46H54N8O8/c1-7-11-15-31(9-3)27-61-45(59)33-17-13-19-35(23-33)49-51-39-29(5)37(25-47)41(55)53(43(39)57)21-22-54-42(56)38(26-48)30(6)40(44(54)58)52-50-36-20-14-18-34(24-36)46(60)62-28-32(10-4)16-12-8-2/h13-14,17-20,23-24,31-32,57-58H,7-12,15-16,21-22,27-28H2,1-6H3/b51-49+,52-50+. The molecule has 2 unspecified atom stereocenters. The lowest BCUT2D eigenvalue weighted by atomic mass is 10.0. The third-order valence-corrected chi connectivity index (χ3v) is 10.8. The van der Waals surface area contributed by atoms with Gasteiger partial charge in [-0.1, -0.05) is 78.4 Å². The maximum atomic E-state index is 13.5. The number of carbonyl (C=O) groups excluding carboxylic acids is 2. The Hall–Kier alpha value is -6.94. The molecule has 2 atom stereocenters. The molecule has 326 valence electrons. The van der Waals surface area contributed by atoms with E-state index in [0.717, 1.165) is 60.5 Å². The van der Waals surface area contributed by atoms with Gasteiger partial charge in [0.2, 0.25) is 11.8 Å². The molecule has 0 radical (unpaired) electrons. The van der Waals surface area contributed by atoms with Crippen molar-refractivity contribution in [3.05, 3.63) is 103 Å². The Labute approximate surface area is 360 Å². The van der Waals surface area contributed by atoms with Crippen molar-refractivity contribution in [3.63, 3.8) is 0 Å². The fraction of sp³-hybridized carbons (Fsp3) is 0.435. The Morgan fingerprint density at radius 2 is 1.05 bits per heavy atom. The molecule has 16 nitrogen and oxygen atoms in total. The summed E-state index contributed by atoms with van der Waals surface area (Å²) in [6.45, 7) is 10.8. The van der Waals surface area contributed by atoms with Crippen molar-refractivity contribution >= 4 is 34.7 Å². The molecule has 0 bridgehead atoms. The molecule has 0 saturated heterocycles. The zero-order chi connectivity index (χ0) is 45.3. The summed E-state index contributed by atoms with van der Waals surface area (Å²) in [7, 11) is 0. The summed E-state index contributed by atoms with van der Waals surface area (Å²) >= 11 is 0. The second-order valence-corrected chi connectivity index (χ2v) is 15.0. The van der Waals surface area contributed by atoms with Gasteiger partial charge in [-0.2, -0.15) is 20.8 Å². The summed E-state index contributed by atoms with van der Waals surface area (Å²) in [6.07, 6.45) is 7.85. The average molecular weight is 847 g/mol. The zero-order valence-electron chi connectivity index (χ0n) is 36.2. The zero-order valence-corrected chi connectivity index (χ0v) is 36.2. The summed E-state index contributed by atoms with van der Waals surface area (Å²) in [4.78, 5) is 52.7. The Kier molecular flexibility index (Phi) is 17.8. The van der Waals surface area contributed by atoms with E-state index in [0.29, 0.717) is 0 Å². The monoisotopic (exact) mass is 846 g/mol. The van der Waals surface area contributed by atoms with Gasteiger partial charge in [0.15, 0.2) is 11.4 Å². The third-order valence-electron chi connectivity index (χ3n) is 10.8. The molecule has 62 heavy (non-hydrogen) atoms. The molecule has 2 N–H and O–H groups in total. The molecule has 2 aromatic heterocycles. The number of pyridine rings is 2. The van der Waals surface area contributed by atoms with Crippen LogP contribution in [0.4, 0.5) is 22.7 Å². The van der Waals surface area contributed by atoms with Crippen LogP contribution in [-0.4, -0.2) is 44.5 Å². The van der Waals surface area contributed by atoms with Gasteiger partial charge in [0.1, 0.15) is 23.3 Å². The number of nitrogens with zero attached hydrogens (tertiary/aromatic N) is 8. The molecule has 0 aliphatic carbocycles. The van der Waals surface area contributed by atoms with Gasteiger partial charge in [0.25, 0.3) is 11.1 Å². The predicted molar refractivity (Wildman–Crippen MR) is 232 cm³/mol. The highest BCUT2D eigenvalue weighted by Crippen LogP contribution is 2.35. The first-order valence-electron chi connectivity index (χ1n) is 20.9. The quantitative estimate of drug-likeness (QED) is 0.0594. The van der Waals surface area contributed by atoms with Crippen molar-refractivity contribution < 1.29 is 29.3 Å². The van der Waals surface area contributed by atoms with E-state index in [1.807, 2.05) is 12.1 Å². The lowest BCUT2D eigenvalue weighted by Gasteiger charge is -2.16. The fourth-order valence-electron chi connectivity index (χ4n) is 6.68. The molecule has 0 aliphatic rings. The van der Waals surface area contributed by atoms with Crippen molar-refractivity contribution in [2.75, 3.05) is 13.2 Å². The van der Waals surface area contributed by atoms with Crippen molar-refractivity contribution in [1.82, 2.24) is 9.13 Å². The van der Waals surface area contributed by atoms with Crippen LogP contribution in [0.2, 0.25) is 0 Å². The van der Waals surface area contributed by atoms with Gasteiger partial charge in [-0.25, -0.2) is 9.59 Å². The Morgan fingerprint density at radius 3 is 1.39 bits per heavy atom. The van der Waals surface area contributed by atoms with Crippen LogP contribution >= 0.6 is 0 Å². The normalized spacial score (nSPS) is 12.3. The first-order valence-corrected chi connectivity index (χ1v) is 20.9. The molecule has 0 spiro atoms. The van der Waals surface area contributed by atoms with E-state index in [-0.39, 0.29) is 81.2 Å². The van der Waals surface area contributed by atoms with Crippen LogP contribution < -0.4 is 11.1 Å². The van der Waals surface area contributed by atoms with E-state index in [2.05, 4.69) is 48.2 Å². The van der Waals surface area contributed by atoms with Crippen LogP contribution in [0.15, 0.2) is 78.6 Å². The first kappa shape index (κ1) is 47.7. The highest BCUT2D eigenvalue weighted by atomic mass is 16.5. The summed E-state index contributed by atoms with van der Waals surface area (Å²) in [5.41, 5.74) is -1.99. The molecule has 0 saturated carbocycles. The number of aromatic nitrogens is 2. The molecule has 2 aromatic carbocycles. The van der Waals surface area contributed by atoms with E-state index in [1.165, 1.54) is 26.0 Å².